The molecule has 0 aromatic carbocycles. The van der Waals surface area contributed by atoms with Gasteiger partial charge in [-0.3, -0.25) is 0 Å². The van der Waals surface area contributed by atoms with E-state index >= 15 is 0 Å². The summed E-state index contributed by atoms with van der Waals surface area (Å²) in [6.07, 6.45) is 7.24. The van der Waals surface area contributed by atoms with Crippen LogP contribution in [0.15, 0.2) is 0 Å². The number of nitrogens with one attached hydrogen (secondary N) is 1. The van der Waals surface area contributed by atoms with Crippen LogP contribution in [0.2, 0.25) is 0 Å². The summed E-state index contributed by atoms with van der Waals surface area (Å²) >= 11 is 1.09. The number of hydrogen-bond acceptors (Lipinski definition) is 1. The first kappa shape index (κ1) is 17.4. The number of rotatable bonds is 13. The monoisotopic (exact) mass is 453 g/mol. The van der Waals surface area contributed by atoms with Crippen molar-refractivity contribution in [3.8, 4) is 0 Å². The Bertz CT molecular complexity index is 107. The zero-order valence-corrected chi connectivity index (χ0v) is 15.3. The minimum absolute atomic E-state index is 0.532. The normalized spacial score (nSPS) is 11.4. The van der Waals surface area contributed by atoms with Crippen molar-refractivity contribution in [1.82, 2.24) is 5.32 Å². The molecule has 3 heteroatoms. The van der Waals surface area contributed by atoms with E-state index in [1.165, 1.54) is 54.0 Å². The Morgan fingerprint density at radius 3 is 2.19 bits per heavy atom. The van der Waals surface area contributed by atoms with Crippen LogP contribution in [0.1, 0.15) is 46.0 Å². The van der Waals surface area contributed by atoms with Crippen LogP contribution in [-0.2, 0) is 0 Å². The third-order valence-electron chi connectivity index (χ3n) is 2.34. The first-order chi connectivity index (χ1) is 7.91. The summed E-state index contributed by atoms with van der Waals surface area (Å²) in [5.41, 5.74) is 0. The van der Waals surface area contributed by atoms with Gasteiger partial charge < -0.3 is 0 Å². The molecule has 0 fully saturated rings. The van der Waals surface area contributed by atoms with Crippen LogP contribution in [0.4, 0.5) is 0 Å². The summed E-state index contributed by atoms with van der Waals surface area (Å²) in [7, 11) is 0. The summed E-state index contributed by atoms with van der Waals surface area (Å²) in [6, 6.07) is 0. The van der Waals surface area contributed by atoms with E-state index in [-0.39, 0.29) is 0 Å². The fourth-order valence-electron chi connectivity index (χ4n) is 1.36. The Morgan fingerprint density at radius 1 is 0.750 bits per heavy atom. The Kier molecular flexibility index (Phi) is 17.9. The van der Waals surface area contributed by atoms with Crippen molar-refractivity contribution >= 4 is 0 Å². The zero-order valence-electron chi connectivity index (χ0n) is 11.0. The quantitative estimate of drug-likeness (QED) is 0.176. The number of unbranched alkanes of at least 4 members (excludes halogenated alkanes) is 3. The second kappa shape index (κ2) is 16.4. The molecule has 0 saturated heterocycles. The fourth-order valence-corrected chi connectivity index (χ4v) is 5.59. The SMILES string of the molecule is CCCCC[I-]CCCCNCC[I-]CC. The van der Waals surface area contributed by atoms with Crippen LogP contribution in [0, 0.1) is 0 Å². The van der Waals surface area contributed by atoms with Gasteiger partial charge in [0.05, 0.1) is 0 Å². The predicted octanol–water partition coefficient (Wildman–Crippen LogP) is -3.26. The summed E-state index contributed by atoms with van der Waals surface area (Å²) in [5.74, 6) is 0. The van der Waals surface area contributed by atoms with Gasteiger partial charge in [0, 0.05) is 0 Å². The molecule has 0 atom stereocenters. The Hall–Kier alpha value is 1.42. The summed E-state index contributed by atoms with van der Waals surface area (Å²) in [6.45, 7) is 7.17. The van der Waals surface area contributed by atoms with Gasteiger partial charge in [0.1, 0.15) is 0 Å². The minimum atomic E-state index is 0.532. The average molecular weight is 453 g/mol. The molecule has 0 heterocycles. The molecule has 0 aromatic rings. The zero-order chi connectivity index (χ0) is 11.9. The van der Waals surface area contributed by atoms with Gasteiger partial charge in [-0.2, -0.15) is 0 Å². The van der Waals surface area contributed by atoms with Gasteiger partial charge in [-0.05, 0) is 0 Å². The summed E-state index contributed by atoms with van der Waals surface area (Å²) in [5, 5.41) is 3.57. The molecule has 0 radical (unpaired) electrons. The van der Waals surface area contributed by atoms with Crippen molar-refractivity contribution in [2.45, 2.75) is 46.0 Å². The molecule has 102 valence electrons. The molecule has 0 bridgehead atoms. The van der Waals surface area contributed by atoms with Crippen LogP contribution in [0.3, 0.4) is 0 Å². The molecule has 0 aliphatic heterocycles. The van der Waals surface area contributed by atoms with Gasteiger partial charge in [-0.15, -0.1) is 0 Å². The molecular formula is C13H29I2N-2. The maximum atomic E-state index is 3.57. The van der Waals surface area contributed by atoms with E-state index in [4.69, 9.17) is 0 Å². The van der Waals surface area contributed by atoms with Gasteiger partial charge in [0.2, 0.25) is 0 Å². The van der Waals surface area contributed by atoms with E-state index in [2.05, 4.69) is 19.2 Å². The standard InChI is InChI=1S/C13H29I2N/c1-3-5-6-9-15-10-7-8-12-16-13-11-14-4-2/h16H,3-13H2,1-2H3/q-2. The molecule has 0 aliphatic carbocycles. The number of alkyl halides is 4. The first-order valence-electron chi connectivity index (χ1n) is 6.69. The van der Waals surface area contributed by atoms with E-state index in [0.717, 1.165) is 0 Å². The molecule has 0 spiro atoms. The molecule has 0 unspecified atom stereocenters. The van der Waals surface area contributed by atoms with Crippen LogP contribution in [0.5, 0.6) is 0 Å². The van der Waals surface area contributed by atoms with Crippen LogP contribution >= 0.6 is 0 Å². The average Bonchev–Trinajstić information content (AvgIpc) is 2.31. The second-order valence-electron chi connectivity index (χ2n) is 3.88. The maximum absolute atomic E-state index is 3.57. The van der Waals surface area contributed by atoms with Gasteiger partial charge in [0.15, 0.2) is 0 Å². The van der Waals surface area contributed by atoms with Crippen molar-refractivity contribution in [1.29, 1.82) is 0 Å². The van der Waals surface area contributed by atoms with Crippen molar-refractivity contribution in [2.24, 2.45) is 0 Å². The Labute approximate surface area is 123 Å². The van der Waals surface area contributed by atoms with Crippen molar-refractivity contribution < 1.29 is 42.4 Å². The van der Waals surface area contributed by atoms with Crippen molar-refractivity contribution in [3.63, 3.8) is 0 Å². The number of halogens is 2. The third-order valence-corrected chi connectivity index (χ3v) is 7.77. The van der Waals surface area contributed by atoms with Gasteiger partial charge >= 0.3 is 124 Å². The third kappa shape index (κ3) is 15.4. The van der Waals surface area contributed by atoms with Crippen LogP contribution < -0.4 is 47.7 Å². The predicted molar refractivity (Wildman–Crippen MR) is 66.8 cm³/mol. The first-order valence-corrected chi connectivity index (χ1v) is 12.8. The molecule has 0 aliphatic rings. The van der Waals surface area contributed by atoms with E-state index in [1.807, 2.05) is 0 Å². The van der Waals surface area contributed by atoms with Gasteiger partial charge in [-0.25, -0.2) is 0 Å². The molecule has 0 rings (SSSR count). The summed E-state index contributed by atoms with van der Waals surface area (Å²) in [4.78, 5) is 0. The van der Waals surface area contributed by atoms with E-state index < -0.39 is 0 Å². The van der Waals surface area contributed by atoms with E-state index in [0.29, 0.717) is 42.4 Å². The van der Waals surface area contributed by atoms with Crippen LogP contribution in [0.25, 0.3) is 0 Å². The molecule has 0 amide bonds. The van der Waals surface area contributed by atoms with E-state index in [1.54, 1.807) is 8.86 Å². The van der Waals surface area contributed by atoms with Crippen molar-refractivity contribution in [3.05, 3.63) is 0 Å². The molecule has 1 nitrogen and oxygen atoms in total. The summed E-state index contributed by atoms with van der Waals surface area (Å²) < 4.78 is 6.05. The molecule has 1 N–H and O–H groups in total. The van der Waals surface area contributed by atoms with Gasteiger partial charge in [-0.1, -0.05) is 0 Å². The Balaban J connectivity index is 2.83. The van der Waals surface area contributed by atoms with Crippen LogP contribution in [-0.4, -0.2) is 30.8 Å². The number of hydrogen-bond donors (Lipinski definition) is 1. The molecular weight excluding hydrogens is 424 g/mol. The molecule has 16 heavy (non-hydrogen) atoms. The molecule has 0 saturated carbocycles. The van der Waals surface area contributed by atoms with E-state index in [9.17, 15) is 0 Å². The fraction of sp³-hybridized carbons (Fsp3) is 1.00. The van der Waals surface area contributed by atoms with Crippen molar-refractivity contribution in [2.75, 3.05) is 30.8 Å². The second-order valence-corrected chi connectivity index (χ2v) is 10.8. The Morgan fingerprint density at radius 2 is 1.50 bits per heavy atom. The molecule has 0 aromatic heterocycles. The van der Waals surface area contributed by atoms with Gasteiger partial charge in [0.25, 0.3) is 0 Å². The topological polar surface area (TPSA) is 12.0 Å².